The Labute approximate surface area is 147 Å². The summed E-state index contributed by atoms with van der Waals surface area (Å²) in [6.45, 7) is 0. The molecule has 1 aromatic carbocycles. The van der Waals surface area contributed by atoms with Crippen molar-refractivity contribution in [2.75, 3.05) is 4.90 Å². The molecule has 2 atom stereocenters. The third kappa shape index (κ3) is 4.29. The van der Waals surface area contributed by atoms with Crippen molar-refractivity contribution in [1.82, 2.24) is 5.32 Å². The summed E-state index contributed by atoms with van der Waals surface area (Å²) in [5.41, 5.74) is 0.217. The number of aliphatic carboxylic acids is 2. The average Bonchev–Trinajstić information content (AvgIpc) is 2.57. The highest BCUT2D eigenvalue weighted by atomic mass is 16.4. The van der Waals surface area contributed by atoms with Crippen LogP contribution in [-0.4, -0.2) is 42.0 Å². The number of carboxylic acids is 2. The van der Waals surface area contributed by atoms with Crippen molar-refractivity contribution < 1.29 is 34.2 Å². The molecule has 10 nitrogen and oxygen atoms in total. The molecule has 1 heterocycles. The SMILES string of the molecule is O=C([O-])CC[C@H](N=C[C@@H]1C(=O)NC(=O)N(c2ccccc2)C1=O)C(=O)[O-]. The number of urea groups is 1. The molecule has 0 saturated carbocycles. The predicted molar refractivity (Wildman–Crippen MR) is 82.5 cm³/mol. The minimum Gasteiger partial charge on any atom is -0.550 e. The van der Waals surface area contributed by atoms with Crippen LogP contribution in [0.3, 0.4) is 0 Å². The second-order valence-electron chi connectivity index (χ2n) is 5.32. The van der Waals surface area contributed by atoms with E-state index in [-0.39, 0.29) is 5.69 Å². The van der Waals surface area contributed by atoms with Crippen LogP contribution in [0, 0.1) is 5.92 Å². The number of barbiturate groups is 1. The van der Waals surface area contributed by atoms with E-state index in [0.717, 1.165) is 11.1 Å². The van der Waals surface area contributed by atoms with Gasteiger partial charge in [-0.3, -0.25) is 19.9 Å². The summed E-state index contributed by atoms with van der Waals surface area (Å²) in [7, 11) is 0. The highest BCUT2D eigenvalue weighted by molar-refractivity contribution is 6.32. The van der Waals surface area contributed by atoms with Crippen molar-refractivity contribution in [3.63, 3.8) is 0 Å². The number of hydrogen-bond donors (Lipinski definition) is 1. The van der Waals surface area contributed by atoms with E-state index in [1.165, 1.54) is 12.1 Å². The first kappa shape index (κ1) is 18.8. The number of imide groups is 2. The van der Waals surface area contributed by atoms with Crippen LogP contribution < -0.4 is 20.4 Å². The molecule has 136 valence electrons. The van der Waals surface area contributed by atoms with E-state index < -0.39 is 54.6 Å². The Hall–Kier alpha value is -3.56. The lowest BCUT2D eigenvalue weighted by atomic mass is 10.1. The summed E-state index contributed by atoms with van der Waals surface area (Å²) in [5.74, 6) is -6.56. The van der Waals surface area contributed by atoms with Gasteiger partial charge in [0.2, 0.25) is 5.91 Å². The first-order chi connectivity index (χ1) is 12.3. The average molecular weight is 359 g/mol. The third-order valence-corrected chi connectivity index (χ3v) is 3.53. The normalized spacial score (nSPS) is 18.7. The maximum Gasteiger partial charge on any atom is 0.335 e. The number of nitrogens with one attached hydrogen (secondary N) is 1. The first-order valence-corrected chi connectivity index (χ1v) is 7.49. The van der Waals surface area contributed by atoms with Crippen molar-refractivity contribution in [1.29, 1.82) is 0 Å². The largest absolute Gasteiger partial charge is 0.550 e. The van der Waals surface area contributed by atoms with Crippen LogP contribution >= 0.6 is 0 Å². The summed E-state index contributed by atoms with van der Waals surface area (Å²) in [5, 5.41) is 23.4. The van der Waals surface area contributed by atoms with Crippen molar-refractivity contribution >= 4 is 41.7 Å². The summed E-state index contributed by atoms with van der Waals surface area (Å²) in [6, 6.07) is 5.28. The Bertz CT molecular complexity index is 775. The Kier molecular flexibility index (Phi) is 5.78. The zero-order chi connectivity index (χ0) is 19.3. The number of anilines is 1. The van der Waals surface area contributed by atoms with Gasteiger partial charge in [-0.1, -0.05) is 18.2 Å². The van der Waals surface area contributed by atoms with Gasteiger partial charge in [-0.25, -0.2) is 9.69 Å². The monoisotopic (exact) mass is 359 g/mol. The van der Waals surface area contributed by atoms with Crippen molar-refractivity contribution in [2.24, 2.45) is 10.9 Å². The summed E-state index contributed by atoms with van der Waals surface area (Å²) in [4.78, 5) is 62.1. The molecule has 0 spiro atoms. The second kappa shape index (κ2) is 8.01. The lowest BCUT2D eigenvalue weighted by molar-refractivity contribution is -0.309. The molecule has 0 bridgehead atoms. The molecule has 1 N–H and O–H groups in total. The summed E-state index contributed by atoms with van der Waals surface area (Å²) < 4.78 is 0. The minimum absolute atomic E-state index is 0.217. The smallest absolute Gasteiger partial charge is 0.335 e. The van der Waals surface area contributed by atoms with Crippen LogP contribution in [0.1, 0.15) is 12.8 Å². The Morgan fingerprint density at radius 3 is 2.42 bits per heavy atom. The molecular weight excluding hydrogens is 346 g/mol. The van der Waals surface area contributed by atoms with Gasteiger partial charge in [0.15, 0.2) is 5.92 Å². The molecule has 26 heavy (non-hydrogen) atoms. The van der Waals surface area contributed by atoms with Crippen molar-refractivity contribution in [2.45, 2.75) is 18.9 Å². The molecular formula is C16H13N3O7-2. The molecule has 1 aromatic rings. The lowest BCUT2D eigenvalue weighted by Gasteiger charge is -2.28. The van der Waals surface area contributed by atoms with E-state index in [0.29, 0.717) is 0 Å². The van der Waals surface area contributed by atoms with Gasteiger partial charge in [0.25, 0.3) is 5.91 Å². The number of amides is 4. The summed E-state index contributed by atoms with van der Waals surface area (Å²) >= 11 is 0. The molecule has 1 aliphatic heterocycles. The van der Waals surface area contributed by atoms with Crippen LogP contribution in [-0.2, 0) is 19.2 Å². The number of rotatable bonds is 7. The van der Waals surface area contributed by atoms with E-state index in [2.05, 4.69) is 4.99 Å². The quantitative estimate of drug-likeness (QED) is 0.420. The molecule has 1 aliphatic rings. The van der Waals surface area contributed by atoms with Crippen LogP contribution in [0.25, 0.3) is 0 Å². The van der Waals surface area contributed by atoms with Gasteiger partial charge in [0.1, 0.15) is 0 Å². The molecule has 2 rings (SSSR count). The van der Waals surface area contributed by atoms with Gasteiger partial charge in [-0.15, -0.1) is 0 Å². The molecule has 0 aliphatic carbocycles. The zero-order valence-corrected chi connectivity index (χ0v) is 13.3. The molecule has 4 amide bonds. The van der Waals surface area contributed by atoms with Crippen molar-refractivity contribution in [3.05, 3.63) is 30.3 Å². The Morgan fingerprint density at radius 2 is 1.85 bits per heavy atom. The lowest BCUT2D eigenvalue weighted by Crippen LogP contribution is -2.58. The Morgan fingerprint density at radius 1 is 1.19 bits per heavy atom. The van der Waals surface area contributed by atoms with E-state index >= 15 is 0 Å². The van der Waals surface area contributed by atoms with Crippen molar-refractivity contribution in [3.8, 4) is 0 Å². The fourth-order valence-electron chi connectivity index (χ4n) is 2.24. The number of carbonyl (C=O) groups excluding carboxylic acids is 5. The number of benzene rings is 1. The minimum atomic E-state index is -1.66. The fourth-order valence-corrected chi connectivity index (χ4v) is 2.24. The second-order valence-corrected chi connectivity index (χ2v) is 5.32. The van der Waals surface area contributed by atoms with Crippen LogP contribution in [0.4, 0.5) is 10.5 Å². The molecule has 0 unspecified atom stereocenters. The predicted octanol–water partition coefficient (Wildman–Crippen LogP) is -2.39. The maximum absolute atomic E-state index is 12.5. The van der Waals surface area contributed by atoms with Crippen LogP contribution in [0.5, 0.6) is 0 Å². The Balaban J connectivity index is 2.22. The van der Waals surface area contributed by atoms with Gasteiger partial charge in [0, 0.05) is 12.2 Å². The highest BCUT2D eigenvalue weighted by Crippen LogP contribution is 2.19. The van der Waals surface area contributed by atoms with Gasteiger partial charge in [-0.2, -0.15) is 0 Å². The molecule has 10 heteroatoms. The number of hydrogen-bond acceptors (Lipinski definition) is 8. The molecule has 0 aromatic heterocycles. The topological polar surface area (TPSA) is 159 Å². The molecule has 0 radical (unpaired) electrons. The zero-order valence-electron chi connectivity index (χ0n) is 13.3. The maximum atomic E-state index is 12.5. The number of carbonyl (C=O) groups is 5. The van der Waals surface area contributed by atoms with E-state index in [9.17, 15) is 34.2 Å². The van der Waals surface area contributed by atoms with Crippen LogP contribution in [0.2, 0.25) is 0 Å². The van der Waals surface area contributed by atoms with E-state index in [4.69, 9.17) is 0 Å². The van der Waals surface area contributed by atoms with Crippen LogP contribution in [0.15, 0.2) is 35.3 Å². The number of nitrogens with zero attached hydrogens (tertiary/aromatic N) is 2. The van der Waals surface area contributed by atoms with E-state index in [1.54, 1.807) is 18.2 Å². The third-order valence-electron chi connectivity index (χ3n) is 3.53. The number of para-hydroxylation sites is 1. The fraction of sp³-hybridized carbons (Fsp3) is 0.250. The number of aliphatic imine (C=N–C) groups is 1. The van der Waals surface area contributed by atoms with E-state index in [1.807, 2.05) is 5.32 Å². The van der Waals surface area contributed by atoms with Gasteiger partial charge >= 0.3 is 6.03 Å². The van der Waals surface area contributed by atoms with Gasteiger partial charge in [0.05, 0.1) is 17.7 Å². The first-order valence-electron chi connectivity index (χ1n) is 7.49. The summed E-state index contributed by atoms with van der Waals surface area (Å²) in [6.07, 6.45) is -0.240. The highest BCUT2D eigenvalue weighted by Gasteiger charge is 2.40. The van der Waals surface area contributed by atoms with Gasteiger partial charge in [-0.05, 0) is 25.0 Å². The number of carboxylic acid groups (broad SMARTS) is 2. The molecule has 1 fully saturated rings. The standard InChI is InChI=1S/C16H15N3O7/c20-12(21)7-6-11(15(24)25)17-8-10-13(22)18-16(26)19(14(10)23)9-4-2-1-3-5-9/h1-5,8,10-11H,6-7H2,(H,20,21)(H,24,25)(H,18,22,26)/p-2/t10-,11+/m1/s1. The molecule has 1 saturated heterocycles. The van der Waals surface area contributed by atoms with Gasteiger partial charge < -0.3 is 19.8 Å².